The van der Waals surface area contributed by atoms with Crippen molar-refractivity contribution in [3.8, 4) is 0 Å². The Labute approximate surface area is 44.7 Å². The number of carbonyl (C=O) groups is 1. The van der Waals surface area contributed by atoms with Gasteiger partial charge in [-0.3, -0.25) is 0 Å². The van der Waals surface area contributed by atoms with Crippen molar-refractivity contribution in [1.29, 1.82) is 0 Å². The number of rotatable bonds is 2. The first-order valence-corrected chi connectivity index (χ1v) is 2.44. The van der Waals surface area contributed by atoms with Gasteiger partial charge < -0.3 is 4.79 Å². The summed E-state index contributed by atoms with van der Waals surface area (Å²) in [4.78, 5) is 9.93. The first-order valence-electron chi connectivity index (χ1n) is 2.44. The van der Waals surface area contributed by atoms with E-state index in [1.165, 1.54) is 5.92 Å². The molecular formula is C6H11O. The normalized spacial score (nSPS) is 14.3. The lowest BCUT2D eigenvalue weighted by Crippen LogP contribution is -2.01. The number of hydrogen-bond acceptors (Lipinski definition) is 1. The summed E-state index contributed by atoms with van der Waals surface area (Å²) in [6.07, 6.45) is 0.954. The second-order valence-electron chi connectivity index (χ2n) is 2.00. The predicted octanol–water partition coefficient (Wildman–Crippen LogP) is 1.44. The molecule has 0 aromatic heterocycles. The van der Waals surface area contributed by atoms with Gasteiger partial charge in [-0.25, -0.2) is 0 Å². The number of carbonyl (C=O) groups excluding carboxylic acids is 1. The van der Waals surface area contributed by atoms with Crippen LogP contribution < -0.4 is 0 Å². The van der Waals surface area contributed by atoms with Crippen LogP contribution in [-0.2, 0) is 4.79 Å². The van der Waals surface area contributed by atoms with Crippen LogP contribution in [0.5, 0.6) is 0 Å². The molecule has 0 fully saturated rings. The molecule has 0 heterocycles. The third-order valence-corrected chi connectivity index (χ3v) is 1.11. The van der Waals surface area contributed by atoms with E-state index in [-0.39, 0.29) is 5.92 Å². The largest absolute Gasteiger partial charge is 0.303 e. The summed E-state index contributed by atoms with van der Waals surface area (Å²) in [5, 5.41) is 0. The van der Waals surface area contributed by atoms with Gasteiger partial charge in [0.1, 0.15) is 6.29 Å². The molecule has 0 saturated heterocycles. The zero-order valence-electron chi connectivity index (χ0n) is 5.06. The van der Waals surface area contributed by atoms with E-state index in [1.54, 1.807) is 0 Å². The molecule has 0 bridgehead atoms. The van der Waals surface area contributed by atoms with Crippen molar-refractivity contribution in [2.75, 3.05) is 0 Å². The van der Waals surface area contributed by atoms with Gasteiger partial charge in [0.25, 0.3) is 0 Å². The van der Waals surface area contributed by atoms with Crippen LogP contribution in [0.2, 0.25) is 0 Å². The molecule has 0 rings (SSSR count). The Morgan fingerprint density at radius 2 is 2.00 bits per heavy atom. The van der Waals surface area contributed by atoms with Crippen molar-refractivity contribution in [2.45, 2.75) is 20.8 Å². The van der Waals surface area contributed by atoms with Gasteiger partial charge in [-0.15, -0.1) is 0 Å². The lowest BCUT2D eigenvalue weighted by Gasteiger charge is -2.03. The lowest BCUT2D eigenvalue weighted by atomic mass is 10.0. The minimum absolute atomic E-state index is 0.139. The van der Waals surface area contributed by atoms with Crippen LogP contribution in [0.3, 0.4) is 0 Å². The van der Waals surface area contributed by atoms with E-state index >= 15 is 0 Å². The molecule has 0 spiro atoms. The van der Waals surface area contributed by atoms with Crippen LogP contribution >= 0.6 is 0 Å². The standard InChI is InChI=1S/C6H11O/c1-5(2)6(3)4-7/h4,6H,1-3H3. The SMILES string of the molecule is C[C](C)C(C)C=O. The fourth-order valence-corrected chi connectivity index (χ4v) is 0.136. The maximum absolute atomic E-state index is 9.93. The summed E-state index contributed by atoms with van der Waals surface area (Å²) in [5.74, 6) is 1.31. The van der Waals surface area contributed by atoms with E-state index in [0.29, 0.717) is 0 Å². The van der Waals surface area contributed by atoms with E-state index in [2.05, 4.69) is 0 Å². The molecular weight excluding hydrogens is 88.1 g/mol. The zero-order chi connectivity index (χ0) is 5.86. The van der Waals surface area contributed by atoms with E-state index in [4.69, 9.17) is 0 Å². The minimum Gasteiger partial charge on any atom is -0.303 e. The van der Waals surface area contributed by atoms with Gasteiger partial charge in [0.15, 0.2) is 0 Å². The fourth-order valence-electron chi connectivity index (χ4n) is 0.136. The highest BCUT2D eigenvalue weighted by Crippen LogP contribution is 2.06. The van der Waals surface area contributed by atoms with Gasteiger partial charge in [-0.05, 0) is 5.92 Å². The Kier molecular flexibility index (Phi) is 2.65. The van der Waals surface area contributed by atoms with Crippen molar-refractivity contribution in [1.82, 2.24) is 0 Å². The molecule has 0 aliphatic carbocycles. The van der Waals surface area contributed by atoms with Crippen molar-refractivity contribution >= 4 is 6.29 Å². The molecule has 0 amide bonds. The second-order valence-corrected chi connectivity index (χ2v) is 2.00. The average molecular weight is 99.2 g/mol. The third kappa shape index (κ3) is 2.38. The monoisotopic (exact) mass is 99.1 g/mol. The Morgan fingerprint density at radius 1 is 1.57 bits per heavy atom. The van der Waals surface area contributed by atoms with Gasteiger partial charge in [0, 0.05) is 5.92 Å². The highest BCUT2D eigenvalue weighted by atomic mass is 16.1. The summed E-state index contributed by atoms with van der Waals surface area (Å²) in [6, 6.07) is 0. The third-order valence-electron chi connectivity index (χ3n) is 1.11. The van der Waals surface area contributed by atoms with Gasteiger partial charge in [-0.2, -0.15) is 0 Å². The zero-order valence-corrected chi connectivity index (χ0v) is 5.06. The Hall–Kier alpha value is -0.330. The molecule has 0 saturated carbocycles. The molecule has 41 valence electrons. The average Bonchev–Trinajstić information content (AvgIpc) is 1.65. The molecule has 0 aliphatic rings. The van der Waals surface area contributed by atoms with E-state index < -0.39 is 0 Å². The molecule has 0 N–H and O–H groups in total. The molecule has 0 aromatic carbocycles. The van der Waals surface area contributed by atoms with Crippen molar-refractivity contribution in [2.24, 2.45) is 5.92 Å². The Balaban J connectivity index is 3.33. The Bertz CT molecular complexity index is 57.2. The summed E-state index contributed by atoms with van der Waals surface area (Å²) < 4.78 is 0. The topological polar surface area (TPSA) is 17.1 Å². The summed E-state index contributed by atoms with van der Waals surface area (Å²) in [5.41, 5.74) is 0. The van der Waals surface area contributed by atoms with Gasteiger partial charge >= 0.3 is 0 Å². The fraction of sp³-hybridized carbons (Fsp3) is 0.667. The second kappa shape index (κ2) is 2.78. The van der Waals surface area contributed by atoms with E-state index in [0.717, 1.165) is 6.29 Å². The molecule has 0 aromatic rings. The molecule has 1 radical (unpaired) electrons. The van der Waals surface area contributed by atoms with Gasteiger partial charge in [0.05, 0.1) is 0 Å². The van der Waals surface area contributed by atoms with Crippen LogP contribution in [0, 0.1) is 11.8 Å². The molecule has 0 aliphatic heterocycles. The van der Waals surface area contributed by atoms with Crippen LogP contribution in [0.15, 0.2) is 0 Å². The Morgan fingerprint density at radius 3 is 2.00 bits per heavy atom. The van der Waals surface area contributed by atoms with Crippen LogP contribution in [0.4, 0.5) is 0 Å². The maximum atomic E-state index is 9.93. The van der Waals surface area contributed by atoms with E-state index in [1.807, 2.05) is 20.8 Å². The highest BCUT2D eigenvalue weighted by Gasteiger charge is 2.02. The smallest absolute Gasteiger partial charge is 0.123 e. The van der Waals surface area contributed by atoms with Crippen molar-refractivity contribution < 1.29 is 4.79 Å². The summed E-state index contributed by atoms with van der Waals surface area (Å²) >= 11 is 0. The summed E-state index contributed by atoms with van der Waals surface area (Å²) in [6.45, 7) is 5.81. The molecule has 1 nitrogen and oxygen atoms in total. The van der Waals surface area contributed by atoms with Gasteiger partial charge in [0.2, 0.25) is 0 Å². The molecule has 1 atom stereocenters. The quantitative estimate of drug-likeness (QED) is 0.479. The number of hydrogen-bond donors (Lipinski definition) is 0. The lowest BCUT2D eigenvalue weighted by molar-refractivity contribution is -0.110. The molecule has 7 heavy (non-hydrogen) atoms. The van der Waals surface area contributed by atoms with Gasteiger partial charge in [-0.1, -0.05) is 20.8 Å². The minimum atomic E-state index is 0.139. The van der Waals surface area contributed by atoms with Crippen molar-refractivity contribution in [3.63, 3.8) is 0 Å². The van der Waals surface area contributed by atoms with Crippen LogP contribution in [-0.4, -0.2) is 6.29 Å². The van der Waals surface area contributed by atoms with E-state index in [9.17, 15) is 4.79 Å². The molecule has 1 unspecified atom stereocenters. The predicted molar refractivity (Wildman–Crippen MR) is 29.8 cm³/mol. The first-order chi connectivity index (χ1) is 3.18. The maximum Gasteiger partial charge on any atom is 0.123 e. The van der Waals surface area contributed by atoms with Crippen molar-refractivity contribution in [3.05, 3.63) is 5.92 Å². The van der Waals surface area contributed by atoms with Crippen LogP contribution in [0.25, 0.3) is 0 Å². The highest BCUT2D eigenvalue weighted by molar-refractivity contribution is 5.56. The first kappa shape index (κ1) is 6.67. The summed E-state index contributed by atoms with van der Waals surface area (Å²) in [7, 11) is 0. The number of aldehydes is 1. The molecule has 1 heteroatoms. The van der Waals surface area contributed by atoms with Crippen LogP contribution in [0.1, 0.15) is 20.8 Å².